The number of ketones is 2. The molecule has 8 N–H and O–H groups in total. The molecule has 218 valence electrons. The van der Waals surface area contributed by atoms with Gasteiger partial charge >= 0.3 is 11.9 Å². The summed E-state index contributed by atoms with van der Waals surface area (Å²) in [6, 6.07) is 0.0552. The lowest BCUT2D eigenvalue weighted by atomic mass is 9.57. The summed E-state index contributed by atoms with van der Waals surface area (Å²) in [6.07, 6.45) is 8.09. The normalized spacial score (nSPS) is 37.7. The van der Waals surface area contributed by atoms with Crippen molar-refractivity contribution in [3.05, 3.63) is 11.6 Å². The van der Waals surface area contributed by atoms with Crippen molar-refractivity contribution in [1.82, 2.24) is 5.32 Å². The van der Waals surface area contributed by atoms with Crippen LogP contribution in [-0.4, -0.2) is 67.6 Å². The van der Waals surface area contributed by atoms with Crippen LogP contribution < -0.4 is 27.1 Å². The van der Waals surface area contributed by atoms with E-state index in [-0.39, 0.29) is 36.1 Å². The molecule has 4 aliphatic rings. The van der Waals surface area contributed by atoms with Gasteiger partial charge in [0.15, 0.2) is 17.2 Å². The van der Waals surface area contributed by atoms with Crippen LogP contribution in [0.3, 0.4) is 0 Å². The summed E-state index contributed by atoms with van der Waals surface area (Å²) in [4.78, 5) is 44.2. The monoisotopic (exact) mass is 547 g/mol. The van der Waals surface area contributed by atoms with Gasteiger partial charge in [-0.1, -0.05) is 31.9 Å². The first kappa shape index (κ1) is 29.7. The third-order valence-corrected chi connectivity index (χ3v) is 9.56. The number of esters is 1. The molecule has 39 heavy (non-hydrogen) atoms. The Morgan fingerprint density at radius 1 is 1.28 bits per heavy atom. The van der Waals surface area contributed by atoms with E-state index in [9.17, 15) is 14.4 Å². The van der Waals surface area contributed by atoms with Gasteiger partial charge in [0.2, 0.25) is 0 Å². The molecule has 2 aliphatic carbocycles. The number of fused-ring (bicyclic) bond motifs is 2. The maximum absolute atomic E-state index is 14.1. The average Bonchev–Trinajstić information content (AvgIpc) is 3.61. The smallest absolute Gasteiger partial charge is 0.349 e. The quantitative estimate of drug-likeness (QED) is 0.0603. The summed E-state index contributed by atoms with van der Waals surface area (Å²) in [7, 11) is 3.03. The zero-order valence-electron chi connectivity index (χ0n) is 24.3. The Hall–Kier alpha value is -2.30. The standard InChI is InChI=1S/C29H47N5O5/c1-16(2)13-19-7-6-8-20-23(19)25(36)29(26(37)38-5)28(39-29,24(20)35)11-9-17(3)14-21(34-27(31)32-4)18-10-12-33-22(30)15-18/h9,16,18-23,33H,6-8,10-15,30H2,1-5H3,(H3,31,32,34)/p+2/t18?,19?,20?,21-,22?,23?,28-,29+/m0/s1. The summed E-state index contributed by atoms with van der Waals surface area (Å²) >= 11 is 0. The van der Waals surface area contributed by atoms with Gasteiger partial charge < -0.3 is 14.8 Å². The van der Waals surface area contributed by atoms with Crippen LogP contribution in [0.15, 0.2) is 11.6 Å². The van der Waals surface area contributed by atoms with E-state index in [1.165, 1.54) is 7.11 Å². The zero-order chi connectivity index (χ0) is 28.5. The minimum Gasteiger partial charge on any atom is -0.466 e. The van der Waals surface area contributed by atoms with Crippen molar-refractivity contribution in [2.45, 2.75) is 95.5 Å². The Kier molecular flexibility index (Phi) is 8.88. The van der Waals surface area contributed by atoms with Gasteiger partial charge in [0.1, 0.15) is 6.17 Å². The molecule has 2 aliphatic heterocycles. The van der Waals surface area contributed by atoms with Gasteiger partial charge in [-0.2, -0.15) is 0 Å². The molecule has 0 aromatic carbocycles. The number of hydrogen-bond donors (Lipinski definition) is 5. The van der Waals surface area contributed by atoms with Crippen LogP contribution in [-0.2, 0) is 23.9 Å². The molecular formula is C29H49N5O5+2. The van der Waals surface area contributed by atoms with Gasteiger partial charge in [-0.25, -0.2) is 4.79 Å². The SMILES string of the molecule is C[NH+]=C(N)N[C@@H](CC(C)=CC[C@@]12O[C@@]1(C(=O)OC)C(=O)C1C(CC(C)C)CCCC1C2=O)C1CC[NH2+]C(N)C1. The van der Waals surface area contributed by atoms with Crippen LogP contribution in [0, 0.1) is 29.6 Å². The molecule has 0 amide bonds. The van der Waals surface area contributed by atoms with Crippen LogP contribution in [0.25, 0.3) is 0 Å². The lowest BCUT2D eigenvalue weighted by Crippen LogP contribution is -2.95. The number of ether oxygens (including phenoxy) is 2. The van der Waals surface area contributed by atoms with E-state index in [0.717, 1.165) is 44.2 Å². The van der Waals surface area contributed by atoms with Crippen molar-refractivity contribution in [2.75, 3.05) is 20.7 Å². The topological polar surface area (TPSA) is 168 Å². The predicted molar refractivity (Wildman–Crippen MR) is 146 cm³/mol. The first-order valence-electron chi connectivity index (χ1n) is 14.7. The summed E-state index contributed by atoms with van der Waals surface area (Å²) in [5.41, 5.74) is 10.1. The molecule has 4 rings (SSSR count). The molecule has 2 saturated heterocycles. The van der Waals surface area contributed by atoms with Crippen molar-refractivity contribution in [1.29, 1.82) is 0 Å². The second-order valence-electron chi connectivity index (χ2n) is 12.6. The van der Waals surface area contributed by atoms with Gasteiger partial charge in [-0.15, -0.1) is 0 Å². The molecule has 0 bridgehead atoms. The first-order valence-corrected chi connectivity index (χ1v) is 14.7. The highest BCUT2D eigenvalue weighted by atomic mass is 16.7. The Balaban J connectivity index is 1.58. The van der Waals surface area contributed by atoms with Gasteiger partial charge in [0.05, 0.1) is 26.7 Å². The number of epoxide rings is 1. The maximum Gasteiger partial charge on any atom is 0.349 e. The van der Waals surface area contributed by atoms with E-state index in [1.54, 1.807) is 7.05 Å². The lowest BCUT2D eigenvalue weighted by Gasteiger charge is -2.42. The number of nitrogens with two attached hydrogens (primary N) is 3. The number of methoxy groups -OCH3 is 1. The Labute approximate surface area is 232 Å². The minimum absolute atomic E-state index is 0.0552. The Morgan fingerprint density at radius 2 is 2.03 bits per heavy atom. The number of Topliss-reactive ketones (excluding diaryl/α,β-unsaturated/α-hetero) is 2. The van der Waals surface area contributed by atoms with E-state index in [4.69, 9.17) is 20.9 Å². The second kappa shape index (κ2) is 11.7. The minimum atomic E-state index is -1.82. The summed E-state index contributed by atoms with van der Waals surface area (Å²) < 4.78 is 11.1. The number of rotatable bonds is 9. The number of guanidine groups is 1. The summed E-state index contributed by atoms with van der Waals surface area (Å²) in [6.45, 7) is 7.23. The summed E-state index contributed by atoms with van der Waals surface area (Å²) in [5, 5.41) is 5.56. The van der Waals surface area contributed by atoms with Gasteiger partial charge in [0, 0.05) is 43.4 Å². The lowest BCUT2D eigenvalue weighted by molar-refractivity contribution is -0.699. The highest BCUT2D eigenvalue weighted by molar-refractivity contribution is 6.23. The molecule has 5 unspecified atom stereocenters. The number of nitrogens with one attached hydrogen (secondary N) is 2. The first-order chi connectivity index (χ1) is 18.5. The van der Waals surface area contributed by atoms with Gasteiger partial charge in [0.25, 0.3) is 5.60 Å². The van der Waals surface area contributed by atoms with E-state index >= 15 is 0 Å². The second-order valence-corrected chi connectivity index (χ2v) is 12.6. The van der Waals surface area contributed by atoms with E-state index in [1.807, 2.05) is 13.0 Å². The van der Waals surface area contributed by atoms with Crippen LogP contribution in [0.2, 0.25) is 0 Å². The van der Waals surface area contributed by atoms with Gasteiger partial charge in [-0.3, -0.25) is 31.4 Å². The van der Waals surface area contributed by atoms with E-state index < -0.39 is 29.0 Å². The molecule has 4 fully saturated rings. The van der Waals surface area contributed by atoms with Crippen molar-refractivity contribution in [3.8, 4) is 0 Å². The van der Waals surface area contributed by atoms with Crippen LogP contribution in [0.4, 0.5) is 0 Å². The van der Waals surface area contributed by atoms with Crippen molar-refractivity contribution in [2.24, 2.45) is 41.1 Å². The van der Waals surface area contributed by atoms with Crippen LogP contribution in [0.5, 0.6) is 0 Å². The molecule has 10 nitrogen and oxygen atoms in total. The predicted octanol–water partition coefficient (Wildman–Crippen LogP) is -1.13. The molecule has 0 radical (unpaired) electrons. The molecule has 8 atom stereocenters. The molecule has 2 saturated carbocycles. The summed E-state index contributed by atoms with van der Waals surface area (Å²) in [5.74, 6) is -0.664. The fourth-order valence-electron chi connectivity index (χ4n) is 7.64. The van der Waals surface area contributed by atoms with E-state index in [0.29, 0.717) is 30.6 Å². The fourth-order valence-corrected chi connectivity index (χ4v) is 7.64. The average molecular weight is 548 g/mol. The molecule has 0 aromatic rings. The molecule has 0 aromatic heterocycles. The van der Waals surface area contributed by atoms with Gasteiger partial charge in [-0.05, 0) is 38.0 Å². The number of piperidine rings is 1. The van der Waals surface area contributed by atoms with Crippen molar-refractivity contribution < 1.29 is 34.2 Å². The van der Waals surface area contributed by atoms with Crippen LogP contribution >= 0.6 is 0 Å². The number of hydrogen-bond acceptors (Lipinski definition) is 6. The van der Waals surface area contributed by atoms with Crippen molar-refractivity contribution in [3.63, 3.8) is 0 Å². The number of quaternary nitrogens is 1. The highest BCUT2D eigenvalue weighted by Crippen LogP contribution is 2.62. The zero-order valence-corrected chi connectivity index (χ0v) is 24.3. The number of carbonyl (C=O) groups is 3. The Bertz CT molecular complexity index is 1030. The molecule has 2 heterocycles. The van der Waals surface area contributed by atoms with E-state index in [2.05, 4.69) is 29.5 Å². The number of carbonyl (C=O) groups excluding carboxylic acids is 3. The largest absolute Gasteiger partial charge is 0.466 e. The maximum atomic E-state index is 14.1. The molecule has 0 spiro atoms. The molecule has 10 heteroatoms. The molecular weight excluding hydrogens is 498 g/mol. The third kappa shape index (κ3) is 5.39. The third-order valence-electron chi connectivity index (χ3n) is 9.56. The van der Waals surface area contributed by atoms with Crippen molar-refractivity contribution >= 4 is 23.5 Å². The fraction of sp³-hybridized carbons (Fsp3) is 0.793. The highest BCUT2D eigenvalue weighted by Gasteiger charge is 2.87. The Morgan fingerprint density at radius 3 is 2.67 bits per heavy atom. The van der Waals surface area contributed by atoms with Crippen LogP contribution in [0.1, 0.15) is 72.1 Å².